The van der Waals surface area contributed by atoms with Gasteiger partial charge in [0.2, 0.25) is 10.0 Å². The van der Waals surface area contributed by atoms with E-state index in [0.29, 0.717) is 4.90 Å². The molecule has 4 nitrogen and oxygen atoms in total. The molecule has 1 aromatic carbocycles. The molecule has 3 rings (SSSR count). The molecule has 1 atom stereocenters. The molecule has 3 N–H and O–H groups in total. The Labute approximate surface area is 114 Å². The summed E-state index contributed by atoms with van der Waals surface area (Å²) in [4.78, 5) is 0.357. The lowest BCUT2D eigenvalue weighted by Crippen LogP contribution is -2.32. The number of nitrogens with two attached hydrogens (primary N) is 1. The van der Waals surface area contributed by atoms with Gasteiger partial charge in [0.15, 0.2) is 0 Å². The van der Waals surface area contributed by atoms with E-state index in [9.17, 15) is 8.42 Å². The van der Waals surface area contributed by atoms with E-state index in [0.717, 1.165) is 44.1 Å². The molecule has 0 amide bonds. The molecular weight excluding hydrogens is 260 g/mol. The third kappa shape index (κ3) is 2.55. The first-order valence-electron chi connectivity index (χ1n) is 6.97. The van der Waals surface area contributed by atoms with Crippen molar-refractivity contribution in [1.29, 1.82) is 0 Å². The summed E-state index contributed by atoms with van der Waals surface area (Å²) < 4.78 is 27.5. The lowest BCUT2D eigenvalue weighted by atomic mass is 10.1. The highest BCUT2D eigenvalue weighted by Crippen LogP contribution is 2.31. The minimum atomic E-state index is -3.39. The molecule has 1 aromatic rings. The summed E-state index contributed by atoms with van der Waals surface area (Å²) in [5.74, 6) is 0. The van der Waals surface area contributed by atoms with Crippen LogP contribution in [0.5, 0.6) is 0 Å². The molecule has 0 radical (unpaired) electrons. The number of rotatable bonds is 3. The van der Waals surface area contributed by atoms with E-state index in [1.165, 1.54) is 5.56 Å². The van der Waals surface area contributed by atoms with Crippen LogP contribution in [-0.4, -0.2) is 14.5 Å². The Hall–Kier alpha value is -0.910. The van der Waals surface area contributed by atoms with Crippen molar-refractivity contribution in [3.63, 3.8) is 0 Å². The molecule has 1 fully saturated rings. The fourth-order valence-electron chi connectivity index (χ4n) is 3.11. The molecule has 1 unspecified atom stereocenters. The minimum Gasteiger partial charge on any atom is -0.324 e. The summed E-state index contributed by atoms with van der Waals surface area (Å²) in [6.07, 6.45) is 5.99. The van der Waals surface area contributed by atoms with E-state index >= 15 is 0 Å². The lowest BCUT2D eigenvalue weighted by molar-refractivity contribution is 0.552. The topological polar surface area (TPSA) is 72.2 Å². The van der Waals surface area contributed by atoms with Crippen molar-refractivity contribution in [2.75, 3.05) is 0 Å². The zero-order valence-corrected chi connectivity index (χ0v) is 11.7. The van der Waals surface area contributed by atoms with Gasteiger partial charge in [-0.3, -0.25) is 0 Å². The van der Waals surface area contributed by atoms with Gasteiger partial charge in [-0.1, -0.05) is 18.9 Å². The minimum absolute atomic E-state index is 0.0170. The Balaban J connectivity index is 1.87. The van der Waals surface area contributed by atoms with E-state index in [2.05, 4.69) is 4.72 Å². The Morgan fingerprint density at radius 2 is 1.89 bits per heavy atom. The second-order valence-electron chi connectivity index (χ2n) is 5.61. The number of nitrogens with one attached hydrogen (secondary N) is 1. The highest BCUT2D eigenvalue weighted by Gasteiger charge is 2.25. The first kappa shape index (κ1) is 13.1. The zero-order chi connectivity index (χ0) is 13.5. The van der Waals surface area contributed by atoms with E-state index < -0.39 is 10.0 Å². The van der Waals surface area contributed by atoms with Crippen molar-refractivity contribution in [1.82, 2.24) is 4.72 Å². The van der Waals surface area contributed by atoms with E-state index in [1.54, 1.807) is 12.1 Å². The number of sulfonamides is 1. The standard InChI is InChI=1S/C14H20N2O2S/c15-14-8-6-10-5-7-12(9-13(10)14)19(17,18)16-11-3-1-2-4-11/h5,7,9,11,14,16H,1-4,6,8,15H2. The van der Waals surface area contributed by atoms with Gasteiger partial charge < -0.3 is 5.73 Å². The molecule has 104 valence electrons. The molecule has 0 bridgehead atoms. The zero-order valence-electron chi connectivity index (χ0n) is 10.9. The number of hydrogen-bond donors (Lipinski definition) is 2. The molecule has 2 aliphatic rings. The molecule has 0 aromatic heterocycles. The maximum Gasteiger partial charge on any atom is 0.240 e. The summed E-state index contributed by atoms with van der Waals surface area (Å²) in [5, 5.41) is 0. The fourth-order valence-corrected chi connectivity index (χ4v) is 4.45. The Bertz CT molecular complexity index is 577. The van der Waals surface area contributed by atoms with Crippen molar-refractivity contribution in [2.45, 2.75) is 55.5 Å². The highest BCUT2D eigenvalue weighted by atomic mass is 32.2. The molecule has 0 aliphatic heterocycles. The van der Waals surface area contributed by atoms with Crippen molar-refractivity contribution in [3.05, 3.63) is 29.3 Å². The molecule has 19 heavy (non-hydrogen) atoms. The first-order chi connectivity index (χ1) is 9.06. The Kier molecular flexibility index (Phi) is 3.37. The third-order valence-electron chi connectivity index (χ3n) is 4.23. The summed E-state index contributed by atoms with van der Waals surface area (Å²) in [5.41, 5.74) is 8.19. The fraction of sp³-hybridized carbons (Fsp3) is 0.571. The third-order valence-corrected chi connectivity index (χ3v) is 5.75. The second-order valence-corrected chi connectivity index (χ2v) is 7.32. The predicted octanol–water partition coefficient (Wildman–Crippen LogP) is 1.85. The molecule has 0 spiro atoms. The summed E-state index contributed by atoms with van der Waals surface area (Å²) in [6, 6.07) is 5.45. The summed E-state index contributed by atoms with van der Waals surface area (Å²) in [7, 11) is -3.39. The number of fused-ring (bicyclic) bond motifs is 1. The monoisotopic (exact) mass is 280 g/mol. The van der Waals surface area contributed by atoms with Crippen LogP contribution in [0.15, 0.2) is 23.1 Å². The lowest BCUT2D eigenvalue weighted by Gasteiger charge is -2.14. The highest BCUT2D eigenvalue weighted by molar-refractivity contribution is 7.89. The number of aryl methyl sites for hydroxylation is 1. The van der Waals surface area contributed by atoms with Crippen molar-refractivity contribution < 1.29 is 8.42 Å². The van der Waals surface area contributed by atoms with Crippen LogP contribution in [0.1, 0.15) is 49.3 Å². The number of hydrogen-bond acceptors (Lipinski definition) is 3. The van der Waals surface area contributed by atoms with Gasteiger partial charge in [-0.25, -0.2) is 13.1 Å². The van der Waals surface area contributed by atoms with Gasteiger partial charge in [-0.05, 0) is 48.9 Å². The summed E-state index contributed by atoms with van der Waals surface area (Å²) in [6.45, 7) is 0. The maximum absolute atomic E-state index is 12.3. The SMILES string of the molecule is NC1CCc2ccc(S(=O)(=O)NC3CCCC3)cc21. The van der Waals surface area contributed by atoms with E-state index in [4.69, 9.17) is 5.73 Å². The van der Waals surface area contributed by atoms with Crippen LogP contribution in [0.3, 0.4) is 0 Å². The van der Waals surface area contributed by atoms with Crippen LogP contribution in [0, 0.1) is 0 Å². The Morgan fingerprint density at radius 3 is 2.63 bits per heavy atom. The molecular formula is C14H20N2O2S. The average molecular weight is 280 g/mol. The van der Waals surface area contributed by atoms with E-state index in [1.807, 2.05) is 6.07 Å². The molecule has 5 heteroatoms. The van der Waals surface area contributed by atoms with Crippen molar-refractivity contribution in [2.24, 2.45) is 5.73 Å². The van der Waals surface area contributed by atoms with Crippen LogP contribution in [0.25, 0.3) is 0 Å². The van der Waals surface area contributed by atoms with Gasteiger partial charge in [-0.2, -0.15) is 0 Å². The molecule has 0 heterocycles. The van der Waals surface area contributed by atoms with E-state index in [-0.39, 0.29) is 12.1 Å². The normalized spacial score (nSPS) is 23.7. The maximum atomic E-state index is 12.3. The smallest absolute Gasteiger partial charge is 0.240 e. The van der Waals surface area contributed by atoms with Gasteiger partial charge in [-0.15, -0.1) is 0 Å². The summed E-state index contributed by atoms with van der Waals surface area (Å²) >= 11 is 0. The second kappa shape index (κ2) is 4.89. The van der Waals surface area contributed by atoms with Crippen LogP contribution >= 0.6 is 0 Å². The molecule has 2 aliphatic carbocycles. The van der Waals surface area contributed by atoms with Crippen LogP contribution < -0.4 is 10.5 Å². The largest absolute Gasteiger partial charge is 0.324 e. The van der Waals surface area contributed by atoms with Gasteiger partial charge in [0.1, 0.15) is 0 Å². The van der Waals surface area contributed by atoms with Crippen molar-refractivity contribution >= 4 is 10.0 Å². The first-order valence-corrected chi connectivity index (χ1v) is 8.45. The quantitative estimate of drug-likeness (QED) is 0.887. The van der Waals surface area contributed by atoms with Gasteiger partial charge in [0.05, 0.1) is 4.90 Å². The van der Waals surface area contributed by atoms with Crippen LogP contribution in [0.4, 0.5) is 0 Å². The average Bonchev–Trinajstić information content (AvgIpc) is 2.99. The Morgan fingerprint density at radius 1 is 1.16 bits per heavy atom. The van der Waals surface area contributed by atoms with Gasteiger partial charge in [0.25, 0.3) is 0 Å². The van der Waals surface area contributed by atoms with Crippen molar-refractivity contribution in [3.8, 4) is 0 Å². The molecule has 1 saturated carbocycles. The van der Waals surface area contributed by atoms with Crippen LogP contribution in [0.2, 0.25) is 0 Å². The van der Waals surface area contributed by atoms with Crippen LogP contribution in [-0.2, 0) is 16.4 Å². The molecule has 0 saturated heterocycles. The number of benzene rings is 1. The van der Waals surface area contributed by atoms with Gasteiger partial charge >= 0.3 is 0 Å². The van der Waals surface area contributed by atoms with Gasteiger partial charge in [0, 0.05) is 12.1 Å². The predicted molar refractivity (Wildman–Crippen MR) is 74.3 cm³/mol.